The van der Waals surface area contributed by atoms with Crippen LogP contribution in [-0.4, -0.2) is 30.1 Å². The Morgan fingerprint density at radius 3 is 2.68 bits per heavy atom. The lowest BCUT2D eigenvalue weighted by Crippen LogP contribution is -2.46. The predicted molar refractivity (Wildman–Crippen MR) is 75.5 cm³/mol. The molecule has 1 heterocycles. The molecule has 4 nitrogen and oxygen atoms in total. The highest BCUT2D eigenvalue weighted by molar-refractivity contribution is 5.72. The van der Waals surface area contributed by atoms with Gasteiger partial charge in [0.15, 0.2) is 0 Å². The van der Waals surface area contributed by atoms with Crippen LogP contribution in [0.5, 0.6) is 5.75 Å². The molecule has 0 radical (unpaired) electrons. The summed E-state index contributed by atoms with van der Waals surface area (Å²) in [5, 5.41) is 0. The predicted octanol–water partition coefficient (Wildman–Crippen LogP) is 2.53. The standard InChI is InChI=1S/C15H22N2O2/c1-10-6-7-11(2)14(12(10)3)19-15(18)17-8-4-5-13(16)9-17/h6-7,13H,4-5,8-9,16H2,1-3H3. The number of piperidine rings is 1. The topological polar surface area (TPSA) is 55.6 Å². The number of likely N-dealkylation sites (tertiary alicyclic amines) is 1. The van der Waals surface area contributed by atoms with Gasteiger partial charge in [-0.05, 0) is 50.3 Å². The molecule has 0 aliphatic carbocycles. The molecule has 1 aliphatic rings. The average molecular weight is 262 g/mol. The van der Waals surface area contributed by atoms with Crippen molar-refractivity contribution >= 4 is 6.09 Å². The molecule has 1 saturated heterocycles. The van der Waals surface area contributed by atoms with Crippen molar-refractivity contribution in [1.29, 1.82) is 0 Å². The molecule has 2 N–H and O–H groups in total. The summed E-state index contributed by atoms with van der Waals surface area (Å²) in [5.41, 5.74) is 9.03. The number of benzene rings is 1. The fourth-order valence-corrected chi connectivity index (χ4v) is 2.41. The van der Waals surface area contributed by atoms with Gasteiger partial charge < -0.3 is 15.4 Å². The molecule has 1 fully saturated rings. The third-order valence-corrected chi connectivity index (χ3v) is 3.78. The van der Waals surface area contributed by atoms with E-state index < -0.39 is 0 Å². The van der Waals surface area contributed by atoms with Crippen LogP contribution in [0.2, 0.25) is 0 Å². The largest absolute Gasteiger partial charge is 0.415 e. The Bertz CT molecular complexity index is 485. The molecule has 0 aromatic heterocycles. The molecule has 2 rings (SSSR count). The van der Waals surface area contributed by atoms with E-state index in [-0.39, 0.29) is 12.1 Å². The van der Waals surface area contributed by atoms with E-state index in [4.69, 9.17) is 10.5 Å². The quantitative estimate of drug-likeness (QED) is 0.846. The Kier molecular flexibility index (Phi) is 4.10. The minimum absolute atomic E-state index is 0.0704. The minimum Gasteiger partial charge on any atom is -0.410 e. The normalized spacial score (nSPS) is 19.4. The van der Waals surface area contributed by atoms with Crippen molar-refractivity contribution in [2.24, 2.45) is 5.73 Å². The molecule has 0 bridgehead atoms. The third-order valence-electron chi connectivity index (χ3n) is 3.78. The highest BCUT2D eigenvalue weighted by Gasteiger charge is 2.23. The van der Waals surface area contributed by atoms with Crippen molar-refractivity contribution in [3.8, 4) is 5.75 Å². The molecule has 4 heteroatoms. The fourth-order valence-electron chi connectivity index (χ4n) is 2.41. The van der Waals surface area contributed by atoms with Gasteiger partial charge in [-0.2, -0.15) is 0 Å². The summed E-state index contributed by atoms with van der Waals surface area (Å²) in [5.74, 6) is 0.684. The number of hydrogen-bond donors (Lipinski definition) is 1. The van der Waals surface area contributed by atoms with E-state index in [1.165, 1.54) is 0 Å². The van der Waals surface area contributed by atoms with Gasteiger partial charge in [0.25, 0.3) is 0 Å². The van der Waals surface area contributed by atoms with E-state index in [0.717, 1.165) is 36.1 Å². The summed E-state index contributed by atoms with van der Waals surface area (Å²) in [6.07, 6.45) is 1.64. The number of hydrogen-bond acceptors (Lipinski definition) is 3. The summed E-state index contributed by atoms with van der Waals surface area (Å²) in [6.45, 7) is 7.27. The number of ether oxygens (including phenoxy) is 1. The van der Waals surface area contributed by atoms with Gasteiger partial charge in [-0.1, -0.05) is 12.1 Å². The Labute approximate surface area is 114 Å². The Morgan fingerprint density at radius 2 is 2.00 bits per heavy atom. The second-order valence-corrected chi connectivity index (χ2v) is 5.37. The smallest absolute Gasteiger partial charge is 0.410 e. The zero-order valence-corrected chi connectivity index (χ0v) is 11.9. The molecule has 0 saturated carbocycles. The van der Waals surface area contributed by atoms with Gasteiger partial charge >= 0.3 is 6.09 Å². The van der Waals surface area contributed by atoms with Crippen LogP contribution in [0.15, 0.2) is 12.1 Å². The van der Waals surface area contributed by atoms with Crippen LogP contribution >= 0.6 is 0 Å². The maximum Gasteiger partial charge on any atom is 0.415 e. The van der Waals surface area contributed by atoms with Crippen molar-refractivity contribution < 1.29 is 9.53 Å². The van der Waals surface area contributed by atoms with Gasteiger partial charge in [-0.25, -0.2) is 4.79 Å². The van der Waals surface area contributed by atoms with Crippen LogP contribution in [0.1, 0.15) is 29.5 Å². The lowest BCUT2D eigenvalue weighted by atomic mass is 10.1. The van der Waals surface area contributed by atoms with Crippen LogP contribution in [0.3, 0.4) is 0 Å². The molecule has 1 amide bonds. The molecule has 1 aromatic rings. The molecule has 104 valence electrons. The number of rotatable bonds is 1. The van der Waals surface area contributed by atoms with Crippen LogP contribution in [0, 0.1) is 20.8 Å². The zero-order chi connectivity index (χ0) is 14.0. The number of nitrogens with two attached hydrogens (primary N) is 1. The zero-order valence-electron chi connectivity index (χ0n) is 11.9. The van der Waals surface area contributed by atoms with Gasteiger partial charge in [-0.3, -0.25) is 0 Å². The molecule has 0 spiro atoms. The number of amides is 1. The van der Waals surface area contributed by atoms with Crippen molar-refractivity contribution in [1.82, 2.24) is 4.90 Å². The van der Waals surface area contributed by atoms with Crippen LogP contribution in [0.4, 0.5) is 4.79 Å². The average Bonchev–Trinajstić information content (AvgIpc) is 2.39. The summed E-state index contributed by atoms with van der Waals surface area (Å²) in [4.78, 5) is 13.9. The van der Waals surface area contributed by atoms with Crippen molar-refractivity contribution in [2.75, 3.05) is 13.1 Å². The van der Waals surface area contributed by atoms with E-state index >= 15 is 0 Å². The van der Waals surface area contributed by atoms with E-state index in [2.05, 4.69) is 0 Å². The molecule has 1 aliphatic heterocycles. The third kappa shape index (κ3) is 3.07. The van der Waals surface area contributed by atoms with Crippen molar-refractivity contribution in [2.45, 2.75) is 39.7 Å². The summed E-state index contributed by atoms with van der Waals surface area (Å²) >= 11 is 0. The van der Waals surface area contributed by atoms with E-state index in [1.54, 1.807) is 4.90 Å². The minimum atomic E-state index is -0.285. The SMILES string of the molecule is Cc1ccc(C)c(OC(=O)N2CCCC(N)C2)c1C. The molecule has 1 unspecified atom stereocenters. The summed E-state index contributed by atoms with van der Waals surface area (Å²) in [6, 6.07) is 4.09. The molecular weight excluding hydrogens is 240 g/mol. The van der Waals surface area contributed by atoms with Crippen molar-refractivity contribution in [3.63, 3.8) is 0 Å². The van der Waals surface area contributed by atoms with Gasteiger partial charge in [0, 0.05) is 19.1 Å². The van der Waals surface area contributed by atoms with Crippen LogP contribution in [0.25, 0.3) is 0 Å². The number of nitrogens with zero attached hydrogens (tertiary/aromatic N) is 1. The van der Waals surface area contributed by atoms with E-state index in [1.807, 2.05) is 32.9 Å². The van der Waals surface area contributed by atoms with Gasteiger partial charge in [0.2, 0.25) is 0 Å². The highest BCUT2D eigenvalue weighted by atomic mass is 16.6. The summed E-state index contributed by atoms with van der Waals surface area (Å²) in [7, 11) is 0. The first-order chi connectivity index (χ1) is 8.99. The van der Waals surface area contributed by atoms with Crippen molar-refractivity contribution in [3.05, 3.63) is 28.8 Å². The van der Waals surface area contributed by atoms with Gasteiger partial charge in [-0.15, -0.1) is 0 Å². The monoisotopic (exact) mass is 262 g/mol. The molecule has 1 atom stereocenters. The number of carbonyl (C=O) groups is 1. The maximum atomic E-state index is 12.2. The second-order valence-electron chi connectivity index (χ2n) is 5.37. The lowest BCUT2D eigenvalue weighted by Gasteiger charge is -2.30. The Balaban J connectivity index is 2.13. The lowest BCUT2D eigenvalue weighted by molar-refractivity contribution is 0.137. The van der Waals surface area contributed by atoms with Crippen LogP contribution in [-0.2, 0) is 0 Å². The second kappa shape index (κ2) is 5.61. The molecule has 19 heavy (non-hydrogen) atoms. The van der Waals surface area contributed by atoms with E-state index in [0.29, 0.717) is 12.3 Å². The highest BCUT2D eigenvalue weighted by Crippen LogP contribution is 2.26. The number of aryl methyl sites for hydroxylation is 2. The Morgan fingerprint density at radius 1 is 1.32 bits per heavy atom. The van der Waals surface area contributed by atoms with E-state index in [9.17, 15) is 4.79 Å². The molecular formula is C15H22N2O2. The van der Waals surface area contributed by atoms with Gasteiger partial charge in [0.1, 0.15) is 5.75 Å². The molecule has 1 aromatic carbocycles. The number of carbonyl (C=O) groups excluding carboxylic acids is 1. The maximum absolute atomic E-state index is 12.2. The first-order valence-electron chi connectivity index (χ1n) is 6.78. The Hall–Kier alpha value is -1.55. The summed E-state index contributed by atoms with van der Waals surface area (Å²) < 4.78 is 5.58. The fraction of sp³-hybridized carbons (Fsp3) is 0.533. The van der Waals surface area contributed by atoms with Crippen LogP contribution < -0.4 is 10.5 Å². The first kappa shape index (κ1) is 13.9. The first-order valence-corrected chi connectivity index (χ1v) is 6.78. The van der Waals surface area contributed by atoms with Gasteiger partial charge in [0.05, 0.1) is 0 Å².